The van der Waals surface area contributed by atoms with Crippen molar-refractivity contribution in [2.75, 3.05) is 11.4 Å². The Bertz CT molecular complexity index is 427. The van der Waals surface area contributed by atoms with Gasteiger partial charge in [0, 0.05) is 12.7 Å². The standard InChI is InChI=1S/C10H10ClFN2O2/c11-6-4-7(12)9(13-5-6)14-3-1-2-8(14)10(15)16/h4-5,8H,1-3H2,(H,15,16)/t8-/m0/s1. The number of carboxylic acids is 1. The maximum absolute atomic E-state index is 13.6. The predicted molar refractivity (Wildman–Crippen MR) is 57.2 cm³/mol. The molecule has 0 radical (unpaired) electrons. The largest absolute Gasteiger partial charge is 0.480 e. The second-order valence-corrected chi connectivity index (χ2v) is 4.09. The van der Waals surface area contributed by atoms with Gasteiger partial charge >= 0.3 is 5.97 Å². The Morgan fingerprint density at radius 1 is 1.69 bits per heavy atom. The third-order valence-corrected chi connectivity index (χ3v) is 2.81. The molecule has 16 heavy (non-hydrogen) atoms. The number of nitrogens with zero attached hydrogens (tertiary/aromatic N) is 2. The van der Waals surface area contributed by atoms with Gasteiger partial charge in [-0.25, -0.2) is 14.2 Å². The van der Waals surface area contributed by atoms with Crippen LogP contribution in [-0.4, -0.2) is 28.6 Å². The van der Waals surface area contributed by atoms with Crippen molar-refractivity contribution in [3.05, 3.63) is 23.1 Å². The van der Waals surface area contributed by atoms with Crippen LogP contribution in [0.25, 0.3) is 0 Å². The molecule has 0 aromatic carbocycles. The van der Waals surface area contributed by atoms with Gasteiger partial charge in [0.2, 0.25) is 0 Å². The molecule has 0 unspecified atom stereocenters. The molecule has 0 aliphatic carbocycles. The molecular weight excluding hydrogens is 235 g/mol. The van der Waals surface area contributed by atoms with Gasteiger partial charge in [0.25, 0.3) is 0 Å². The van der Waals surface area contributed by atoms with Gasteiger partial charge in [-0.05, 0) is 18.9 Å². The highest BCUT2D eigenvalue weighted by Gasteiger charge is 2.32. The number of anilines is 1. The zero-order chi connectivity index (χ0) is 11.7. The Balaban J connectivity index is 2.32. The van der Waals surface area contributed by atoms with E-state index in [9.17, 15) is 9.18 Å². The summed E-state index contributed by atoms with van der Waals surface area (Å²) in [5, 5.41) is 9.17. The van der Waals surface area contributed by atoms with Crippen molar-refractivity contribution in [1.29, 1.82) is 0 Å². The monoisotopic (exact) mass is 244 g/mol. The molecule has 1 aliphatic rings. The van der Waals surface area contributed by atoms with E-state index in [1.54, 1.807) is 0 Å². The zero-order valence-electron chi connectivity index (χ0n) is 8.36. The van der Waals surface area contributed by atoms with E-state index in [1.165, 1.54) is 11.1 Å². The number of hydrogen-bond acceptors (Lipinski definition) is 3. The van der Waals surface area contributed by atoms with Crippen LogP contribution in [-0.2, 0) is 4.79 Å². The molecule has 1 N–H and O–H groups in total. The van der Waals surface area contributed by atoms with Crippen molar-refractivity contribution in [3.8, 4) is 0 Å². The third-order valence-electron chi connectivity index (χ3n) is 2.60. The molecule has 1 fully saturated rings. The normalized spacial score (nSPS) is 20.1. The van der Waals surface area contributed by atoms with Crippen LogP contribution in [0.1, 0.15) is 12.8 Å². The van der Waals surface area contributed by atoms with E-state index < -0.39 is 17.8 Å². The first-order chi connectivity index (χ1) is 7.59. The van der Waals surface area contributed by atoms with Crippen molar-refractivity contribution in [2.24, 2.45) is 0 Å². The van der Waals surface area contributed by atoms with Gasteiger partial charge in [0.15, 0.2) is 11.6 Å². The highest BCUT2D eigenvalue weighted by molar-refractivity contribution is 6.30. The SMILES string of the molecule is O=C(O)[C@@H]1CCCN1c1ncc(Cl)cc1F. The Morgan fingerprint density at radius 3 is 3.06 bits per heavy atom. The lowest BCUT2D eigenvalue weighted by Gasteiger charge is -2.22. The quantitative estimate of drug-likeness (QED) is 0.864. The van der Waals surface area contributed by atoms with Crippen molar-refractivity contribution < 1.29 is 14.3 Å². The summed E-state index contributed by atoms with van der Waals surface area (Å²) in [7, 11) is 0. The lowest BCUT2D eigenvalue weighted by Crippen LogP contribution is -2.37. The number of aromatic nitrogens is 1. The van der Waals surface area contributed by atoms with Gasteiger partial charge in [-0.3, -0.25) is 0 Å². The molecule has 6 heteroatoms. The number of rotatable bonds is 2. The fraction of sp³-hybridized carbons (Fsp3) is 0.400. The van der Waals surface area contributed by atoms with Crippen LogP contribution < -0.4 is 4.90 Å². The fourth-order valence-electron chi connectivity index (χ4n) is 1.90. The molecule has 0 saturated carbocycles. The molecule has 86 valence electrons. The number of carboxylic acid groups (broad SMARTS) is 1. The molecule has 1 aromatic rings. The smallest absolute Gasteiger partial charge is 0.326 e. The first-order valence-corrected chi connectivity index (χ1v) is 5.28. The van der Waals surface area contributed by atoms with E-state index in [4.69, 9.17) is 16.7 Å². The lowest BCUT2D eigenvalue weighted by molar-refractivity contribution is -0.138. The van der Waals surface area contributed by atoms with Crippen LogP contribution in [0.3, 0.4) is 0 Å². The van der Waals surface area contributed by atoms with Crippen LogP contribution in [0.4, 0.5) is 10.2 Å². The summed E-state index contributed by atoms with van der Waals surface area (Å²) in [5.41, 5.74) is 0. The van der Waals surface area contributed by atoms with Crippen molar-refractivity contribution >= 4 is 23.4 Å². The minimum Gasteiger partial charge on any atom is -0.480 e. The van der Waals surface area contributed by atoms with E-state index in [0.29, 0.717) is 13.0 Å². The molecular formula is C10H10ClFN2O2. The van der Waals surface area contributed by atoms with Crippen LogP contribution in [0.2, 0.25) is 5.02 Å². The van der Waals surface area contributed by atoms with Crippen LogP contribution in [0, 0.1) is 5.82 Å². The molecule has 1 atom stereocenters. The molecule has 4 nitrogen and oxygen atoms in total. The maximum atomic E-state index is 13.6. The van der Waals surface area contributed by atoms with Crippen molar-refractivity contribution in [1.82, 2.24) is 4.98 Å². The molecule has 1 aromatic heterocycles. The molecule has 1 aliphatic heterocycles. The number of aliphatic carboxylic acids is 1. The first-order valence-electron chi connectivity index (χ1n) is 4.90. The number of hydrogen-bond donors (Lipinski definition) is 1. The number of halogens is 2. The Labute approximate surface area is 96.7 Å². The van der Waals surface area contributed by atoms with Gasteiger partial charge in [0.05, 0.1) is 5.02 Å². The molecule has 0 bridgehead atoms. The van der Waals surface area contributed by atoms with E-state index >= 15 is 0 Å². The summed E-state index contributed by atoms with van der Waals surface area (Å²) in [4.78, 5) is 16.3. The molecule has 2 heterocycles. The van der Waals surface area contributed by atoms with Crippen LogP contribution >= 0.6 is 11.6 Å². The average Bonchev–Trinajstić information content (AvgIpc) is 2.66. The molecule has 1 saturated heterocycles. The number of pyridine rings is 1. The number of carbonyl (C=O) groups is 1. The lowest BCUT2D eigenvalue weighted by atomic mass is 10.2. The summed E-state index contributed by atoms with van der Waals surface area (Å²) < 4.78 is 13.6. The minimum atomic E-state index is -0.950. The molecule has 0 amide bonds. The van der Waals surface area contributed by atoms with Gasteiger partial charge in [-0.1, -0.05) is 11.6 Å². The highest BCUT2D eigenvalue weighted by atomic mass is 35.5. The third kappa shape index (κ3) is 1.95. The Morgan fingerprint density at radius 2 is 2.44 bits per heavy atom. The second kappa shape index (κ2) is 4.25. The Hall–Kier alpha value is -1.36. The molecule has 0 spiro atoms. The van der Waals surface area contributed by atoms with Crippen molar-refractivity contribution in [2.45, 2.75) is 18.9 Å². The first kappa shape index (κ1) is 11.1. The fourth-order valence-corrected chi connectivity index (χ4v) is 2.04. The van der Waals surface area contributed by atoms with Crippen LogP contribution in [0.15, 0.2) is 12.3 Å². The summed E-state index contributed by atoms with van der Waals surface area (Å²) in [6, 6.07) is 0.448. The summed E-state index contributed by atoms with van der Waals surface area (Å²) in [5.74, 6) is -1.47. The van der Waals surface area contributed by atoms with E-state index in [1.807, 2.05) is 0 Å². The van der Waals surface area contributed by atoms with Gasteiger partial charge < -0.3 is 10.0 Å². The summed E-state index contributed by atoms with van der Waals surface area (Å²) in [6.07, 6.45) is 2.55. The average molecular weight is 245 g/mol. The Kier molecular flexibility index (Phi) is 2.96. The van der Waals surface area contributed by atoms with Gasteiger partial charge in [-0.2, -0.15) is 0 Å². The van der Waals surface area contributed by atoms with Gasteiger partial charge in [-0.15, -0.1) is 0 Å². The van der Waals surface area contributed by atoms with E-state index in [-0.39, 0.29) is 10.8 Å². The topological polar surface area (TPSA) is 53.4 Å². The summed E-state index contributed by atoms with van der Waals surface area (Å²) >= 11 is 5.59. The zero-order valence-corrected chi connectivity index (χ0v) is 9.12. The maximum Gasteiger partial charge on any atom is 0.326 e. The molecule has 2 rings (SSSR count). The van der Waals surface area contributed by atoms with Gasteiger partial charge in [0.1, 0.15) is 6.04 Å². The second-order valence-electron chi connectivity index (χ2n) is 3.65. The minimum absolute atomic E-state index is 0.0642. The van der Waals surface area contributed by atoms with Crippen molar-refractivity contribution in [3.63, 3.8) is 0 Å². The van der Waals surface area contributed by atoms with E-state index in [0.717, 1.165) is 12.5 Å². The van der Waals surface area contributed by atoms with E-state index in [2.05, 4.69) is 4.98 Å². The van der Waals surface area contributed by atoms with Crippen LogP contribution in [0.5, 0.6) is 0 Å². The highest BCUT2D eigenvalue weighted by Crippen LogP contribution is 2.27. The summed E-state index contributed by atoms with van der Waals surface area (Å²) in [6.45, 7) is 0.502. The predicted octanol–water partition coefficient (Wildman–Crippen LogP) is 1.93.